The van der Waals surface area contributed by atoms with Crippen LogP contribution in [0.15, 0.2) is 0 Å². The molecule has 2 fully saturated rings. The van der Waals surface area contributed by atoms with Gasteiger partial charge < -0.3 is 10.2 Å². The summed E-state index contributed by atoms with van der Waals surface area (Å²) in [6, 6.07) is 0.131. The average molecular weight is 182 g/mol. The topological polar surface area (TPSA) is 32.3 Å². The highest BCUT2D eigenvalue weighted by molar-refractivity contribution is 5.82. The first-order valence-electron chi connectivity index (χ1n) is 5.40. The Labute approximate surface area is 79.5 Å². The zero-order chi connectivity index (χ0) is 9.10. The number of likely N-dealkylation sites (tertiary alicyclic amines) is 1. The first kappa shape index (κ1) is 9.00. The van der Waals surface area contributed by atoms with Gasteiger partial charge in [0, 0.05) is 13.1 Å². The lowest BCUT2D eigenvalue weighted by molar-refractivity contribution is -0.132. The Morgan fingerprint density at radius 2 is 1.92 bits per heavy atom. The summed E-state index contributed by atoms with van der Waals surface area (Å²) in [5.41, 5.74) is 0. The molecule has 0 radical (unpaired) electrons. The molecule has 2 heterocycles. The summed E-state index contributed by atoms with van der Waals surface area (Å²) in [6.07, 6.45) is 5.85. The van der Waals surface area contributed by atoms with Crippen LogP contribution in [0.5, 0.6) is 0 Å². The van der Waals surface area contributed by atoms with Gasteiger partial charge in [-0.15, -0.1) is 0 Å². The normalized spacial score (nSPS) is 29.2. The highest BCUT2D eigenvalue weighted by atomic mass is 16.2. The van der Waals surface area contributed by atoms with Crippen LogP contribution in [0.4, 0.5) is 0 Å². The van der Waals surface area contributed by atoms with Crippen LogP contribution in [0.1, 0.15) is 32.1 Å². The third kappa shape index (κ3) is 2.02. The Kier molecular flexibility index (Phi) is 2.83. The second-order valence-corrected chi connectivity index (χ2v) is 4.03. The van der Waals surface area contributed by atoms with E-state index < -0.39 is 0 Å². The van der Waals surface area contributed by atoms with Gasteiger partial charge in [0.2, 0.25) is 5.91 Å². The highest BCUT2D eigenvalue weighted by Gasteiger charge is 2.26. The molecular weight excluding hydrogens is 164 g/mol. The van der Waals surface area contributed by atoms with E-state index in [1.807, 2.05) is 4.90 Å². The van der Waals surface area contributed by atoms with Crippen LogP contribution < -0.4 is 5.32 Å². The van der Waals surface area contributed by atoms with Crippen LogP contribution in [-0.2, 0) is 4.79 Å². The Balaban J connectivity index is 1.87. The SMILES string of the molecule is O=C(C1CCCCN1)N1CCCC1. The van der Waals surface area contributed by atoms with E-state index in [0.29, 0.717) is 5.91 Å². The number of piperidine rings is 1. The molecule has 0 aromatic heterocycles. The van der Waals surface area contributed by atoms with Gasteiger partial charge in [-0.2, -0.15) is 0 Å². The summed E-state index contributed by atoms with van der Waals surface area (Å²) >= 11 is 0. The molecule has 2 rings (SSSR count). The van der Waals surface area contributed by atoms with Crippen molar-refractivity contribution in [2.24, 2.45) is 0 Å². The maximum Gasteiger partial charge on any atom is 0.239 e. The quantitative estimate of drug-likeness (QED) is 0.649. The van der Waals surface area contributed by atoms with E-state index in [-0.39, 0.29) is 6.04 Å². The van der Waals surface area contributed by atoms with E-state index in [4.69, 9.17) is 0 Å². The van der Waals surface area contributed by atoms with E-state index in [0.717, 1.165) is 26.1 Å². The number of hydrogen-bond donors (Lipinski definition) is 1. The Morgan fingerprint density at radius 1 is 1.15 bits per heavy atom. The maximum atomic E-state index is 11.9. The highest BCUT2D eigenvalue weighted by Crippen LogP contribution is 2.14. The first-order valence-corrected chi connectivity index (χ1v) is 5.40. The van der Waals surface area contributed by atoms with Gasteiger partial charge in [0.1, 0.15) is 0 Å². The second kappa shape index (κ2) is 4.09. The van der Waals surface area contributed by atoms with Crippen LogP contribution in [0.3, 0.4) is 0 Å². The molecule has 0 aromatic rings. The Hall–Kier alpha value is -0.570. The molecule has 0 aromatic carbocycles. The Morgan fingerprint density at radius 3 is 2.54 bits per heavy atom. The molecule has 1 atom stereocenters. The van der Waals surface area contributed by atoms with Gasteiger partial charge in [0.15, 0.2) is 0 Å². The molecule has 3 nitrogen and oxygen atoms in total. The summed E-state index contributed by atoms with van der Waals surface area (Å²) in [5, 5.41) is 3.30. The number of carbonyl (C=O) groups excluding carboxylic acids is 1. The number of nitrogens with zero attached hydrogens (tertiary/aromatic N) is 1. The minimum atomic E-state index is 0.131. The van der Waals surface area contributed by atoms with Crippen molar-refractivity contribution < 1.29 is 4.79 Å². The molecule has 3 heteroatoms. The van der Waals surface area contributed by atoms with Gasteiger partial charge in [0.25, 0.3) is 0 Å². The van der Waals surface area contributed by atoms with E-state index in [1.165, 1.54) is 25.7 Å². The van der Waals surface area contributed by atoms with E-state index >= 15 is 0 Å². The number of nitrogens with one attached hydrogen (secondary N) is 1. The van der Waals surface area contributed by atoms with Crippen LogP contribution in [0, 0.1) is 0 Å². The molecule has 2 aliphatic heterocycles. The van der Waals surface area contributed by atoms with Crippen molar-refractivity contribution in [3.05, 3.63) is 0 Å². The monoisotopic (exact) mass is 182 g/mol. The molecule has 1 N–H and O–H groups in total. The fraction of sp³-hybridized carbons (Fsp3) is 0.900. The van der Waals surface area contributed by atoms with Gasteiger partial charge in [-0.1, -0.05) is 6.42 Å². The van der Waals surface area contributed by atoms with Crippen molar-refractivity contribution in [2.45, 2.75) is 38.1 Å². The van der Waals surface area contributed by atoms with Gasteiger partial charge in [-0.05, 0) is 32.2 Å². The number of hydrogen-bond acceptors (Lipinski definition) is 2. The minimum absolute atomic E-state index is 0.131. The molecule has 1 amide bonds. The zero-order valence-corrected chi connectivity index (χ0v) is 8.09. The van der Waals surface area contributed by atoms with Gasteiger partial charge >= 0.3 is 0 Å². The van der Waals surface area contributed by atoms with Gasteiger partial charge in [-0.25, -0.2) is 0 Å². The largest absolute Gasteiger partial charge is 0.341 e. The fourth-order valence-electron chi connectivity index (χ4n) is 2.22. The summed E-state index contributed by atoms with van der Waals surface area (Å²) in [7, 11) is 0. The van der Waals surface area contributed by atoms with Crippen molar-refractivity contribution in [1.82, 2.24) is 10.2 Å². The van der Waals surface area contributed by atoms with Crippen LogP contribution in [0.25, 0.3) is 0 Å². The third-order valence-corrected chi connectivity index (χ3v) is 3.03. The molecule has 1 unspecified atom stereocenters. The van der Waals surface area contributed by atoms with Crippen molar-refractivity contribution in [3.63, 3.8) is 0 Å². The molecule has 0 spiro atoms. The smallest absolute Gasteiger partial charge is 0.239 e. The summed E-state index contributed by atoms with van der Waals surface area (Å²) in [4.78, 5) is 13.9. The molecule has 2 saturated heterocycles. The number of carbonyl (C=O) groups is 1. The summed E-state index contributed by atoms with van der Waals surface area (Å²) in [5.74, 6) is 0.345. The van der Waals surface area contributed by atoms with E-state index in [2.05, 4.69) is 5.32 Å². The first-order chi connectivity index (χ1) is 6.38. The average Bonchev–Trinajstić information content (AvgIpc) is 2.71. The minimum Gasteiger partial charge on any atom is -0.341 e. The standard InChI is InChI=1S/C10H18N2O/c13-10(12-7-3-4-8-12)9-5-1-2-6-11-9/h9,11H,1-8H2. The molecule has 2 aliphatic rings. The molecule has 0 saturated carbocycles. The zero-order valence-electron chi connectivity index (χ0n) is 8.09. The van der Waals surface area contributed by atoms with Gasteiger partial charge in [-0.3, -0.25) is 4.79 Å². The number of rotatable bonds is 1. The molecule has 0 bridgehead atoms. The lowest BCUT2D eigenvalue weighted by Gasteiger charge is -2.26. The lowest BCUT2D eigenvalue weighted by atomic mass is 10.0. The molecule has 74 valence electrons. The van der Waals surface area contributed by atoms with E-state index in [1.54, 1.807) is 0 Å². The fourth-order valence-corrected chi connectivity index (χ4v) is 2.22. The maximum absolute atomic E-state index is 11.9. The van der Waals surface area contributed by atoms with Crippen molar-refractivity contribution in [3.8, 4) is 0 Å². The third-order valence-electron chi connectivity index (χ3n) is 3.03. The van der Waals surface area contributed by atoms with Gasteiger partial charge in [0.05, 0.1) is 6.04 Å². The second-order valence-electron chi connectivity index (χ2n) is 4.03. The summed E-state index contributed by atoms with van der Waals surface area (Å²) in [6.45, 7) is 2.98. The van der Waals surface area contributed by atoms with E-state index in [9.17, 15) is 4.79 Å². The van der Waals surface area contributed by atoms with Crippen molar-refractivity contribution in [2.75, 3.05) is 19.6 Å². The molecule has 0 aliphatic carbocycles. The predicted octanol–water partition coefficient (Wildman–Crippen LogP) is 0.751. The van der Waals surface area contributed by atoms with Crippen molar-refractivity contribution >= 4 is 5.91 Å². The Bertz CT molecular complexity index is 181. The lowest BCUT2D eigenvalue weighted by Crippen LogP contribution is -2.47. The number of amides is 1. The van der Waals surface area contributed by atoms with Crippen LogP contribution in [0.2, 0.25) is 0 Å². The molecular formula is C10H18N2O. The molecule has 13 heavy (non-hydrogen) atoms. The van der Waals surface area contributed by atoms with Crippen LogP contribution >= 0.6 is 0 Å². The van der Waals surface area contributed by atoms with Crippen LogP contribution in [-0.4, -0.2) is 36.5 Å². The summed E-state index contributed by atoms with van der Waals surface area (Å²) < 4.78 is 0. The predicted molar refractivity (Wildman–Crippen MR) is 51.5 cm³/mol. The van der Waals surface area contributed by atoms with Crippen molar-refractivity contribution in [1.29, 1.82) is 0 Å².